The number of rotatable bonds is 5. The number of anilines is 1. The van der Waals surface area contributed by atoms with Gasteiger partial charge in [0.1, 0.15) is 31.5 Å². The summed E-state index contributed by atoms with van der Waals surface area (Å²) >= 11 is 1.56. The minimum atomic E-state index is -0.301. The number of ether oxygens (including phenoxy) is 2. The molecular weight excluding hydrogens is 418 g/mol. The average Bonchev–Trinajstić information content (AvgIpc) is 3.44. The van der Waals surface area contributed by atoms with E-state index in [1.807, 2.05) is 23.6 Å². The Morgan fingerprint density at radius 3 is 2.87 bits per heavy atom. The van der Waals surface area contributed by atoms with Gasteiger partial charge < -0.3 is 14.4 Å². The molecule has 0 saturated carbocycles. The van der Waals surface area contributed by atoms with Gasteiger partial charge in [0.2, 0.25) is 5.91 Å². The van der Waals surface area contributed by atoms with Crippen LogP contribution < -0.4 is 19.9 Å². The molecule has 31 heavy (non-hydrogen) atoms. The fraction of sp³-hybridized carbons (Fsp3) is 0.238. The molecule has 0 radical (unpaired) electrons. The Kier molecular flexibility index (Phi) is 4.91. The monoisotopic (exact) mass is 437 g/mol. The van der Waals surface area contributed by atoms with Crippen LogP contribution in [0.5, 0.6) is 11.5 Å². The maximum atomic E-state index is 13.4. The number of hydrogen-bond acceptors (Lipinski definition) is 7. The van der Waals surface area contributed by atoms with Crippen molar-refractivity contribution in [3.05, 3.63) is 63.5 Å². The number of fused-ring (bicyclic) bond motifs is 2. The van der Waals surface area contributed by atoms with Crippen molar-refractivity contribution in [2.45, 2.75) is 13.1 Å². The molecule has 0 bridgehead atoms. The van der Waals surface area contributed by atoms with Gasteiger partial charge >= 0.3 is 0 Å². The van der Waals surface area contributed by atoms with E-state index in [0.29, 0.717) is 48.0 Å². The Labute approximate surface area is 181 Å². The van der Waals surface area contributed by atoms with E-state index in [0.717, 1.165) is 4.88 Å². The first kappa shape index (κ1) is 19.3. The number of hydrogen-bond donors (Lipinski definition) is 0. The molecule has 1 aromatic carbocycles. The summed E-state index contributed by atoms with van der Waals surface area (Å²) < 4.78 is 14.1. The molecular formula is C21H19N5O4S. The van der Waals surface area contributed by atoms with Gasteiger partial charge in [-0.25, -0.2) is 4.98 Å². The van der Waals surface area contributed by atoms with Crippen molar-refractivity contribution in [3.63, 3.8) is 0 Å². The highest BCUT2D eigenvalue weighted by molar-refractivity contribution is 7.09. The normalized spacial score (nSPS) is 12.8. The number of amides is 1. The van der Waals surface area contributed by atoms with Gasteiger partial charge in [-0.1, -0.05) is 6.07 Å². The molecule has 0 aliphatic carbocycles. The summed E-state index contributed by atoms with van der Waals surface area (Å²) in [6.45, 7) is 1.20. The summed E-state index contributed by atoms with van der Waals surface area (Å²) in [6.07, 6.45) is 2.85. The zero-order chi connectivity index (χ0) is 21.4. The number of aryl methyl sites for hydroxylation is 1. The molecule has 0 fully saturated rings. The van der Waals surface area contributed by atoms with Crippen LogP contribution in [0.4, 0.5) is 5.69 Å². The second-order valence-corrected chi connectivity index (χ2v) is 8.10. The Hall–Kier alpha value is -3.66. The lowest BCUT2D eigenvalue weighted by Crippen LogP contribution is -2.36. The molecule has 1 amide bonds. The molecule has 0 spiro atoms. The van der Waals surface area contributed by atoms with E-state index in [4.69, 9.17) is 9.47 Å². The van der Waals surface area contributed by atoms with Crippen LogP contribution >= 0.6 is 11.3 Å². The van der Waals surface area contributed by atoms with Crippen molar-refractivity contribution in [2.75, 3.05) is 18.1 Å². The molecule has 0 atom stereocenters. The van der Waals surface area contributed by atoms with Gasteiger partial charge in [-0.05, 0) is 23.6 Å². The summed E-state index contributed by atoms with van der Waals surface area (Å²) in [5.74, 6) is 1.02. The molecule has 1 aliphatic rings. The number of aromatic nitrogens is 4. The maximum absolute atomic E-state index is 13.4. The predicted octanol–water partition coefficient (Wildman–Crippen LogP) is 2.20. The highest BCUT2D eigenvalue weighted by Crippen LogP contribution is 2.34. The molecule has 0 unspecified atom stereocenters. The minimum Gasteiger partial charge on any atom is -0.486 e. The van der Waals surface area contributed by atoms with Crippen molar-refractivity contribution in [1.29, 1.82) is 0 Å². The topological polar surface area (TPSA) is 91.5 Å². The summed E-state index contributed by atoms with van der Waals surface area (Å²) in [5.41, 5.74) is 0.854. The van der Waals surface area contributed by atoms with E-state index in [-0.39, 0.29) is 18.0 Å². The molecule has 5 rings (SSSR count). The summed E-state index contributed by atoms with van der Waals surface area (Å²) in [7, 11) is 1.72. The lowest BCUT2D eigenvalue weighted by Gasteiger charge is -2.25. The quantitative estimate of drug-likeness (QED) is 0.475. The standard InChI is InChI=1S/C21H19N5O4S/c1-24-20-16(10-23-24)21(28)25(13-22-20)12-19(27)26(11-15-3-2-8-31-15)14-4-5-17-18(9-14)30-7-6-29-17/h2-5,8-10,13H,6-7,11-12H2,1H3. The molecule has 3 aromatic heterocycles. The van der Waals surface area contributed by atoms with Gasteiger partial charge in [-0.15, -0.1) is 11.3 Å². The van der Waals surface area contributed by atoms with Gasteiger partial charge in [0.25, 0.3) is 5.56 Å². The zero-order valence-corrected chi connectivity index (χ0v) is 17.5. The van der Waals surface area contributed by atoms with Crippen molar-refractivity contribution < 1.29 is 14.3 Å². The van der Waals surface area contributed by atoms with Gasteiger partial charge in [-0.2, -0.15) is 5.10 Å². The first-order chi connectivity index (χ1) is 15.1. The third-order valence-corrected chi connectivity index (χ3v) is 5.92. The summed E-state index contributed by atoms with van der Waals surface area (Å²) in [4.78, 5) is 33.1. The molecule has 0 N–H and O–H groups in total. The summed E-state index contributed by atoms with van der Waals surface area (Å²) in [6, 6.07) is 9.33. The minimum absolute atomic E-state index is 0.142. The second-order valence-electron chi connectivity index (χ2n) is 7.07. The second kappa shape index (κ2) is 7.88. The lowest BCUT2D eigenvalue weighted by atomic mass is 10.2. The first-order valence-electron chi connectivity index (χ1n) is 9.70. The van der Waals surface area contributed by atoms with E-state index in [1.165, 1.54) is 21.8 Å². The van der Waals surface area contributed by atoms with Crippen LogP contribution in [0.3, 0.4) is 0 Å². The van der Waals surface area contributed by atoms with Gasteiger partial charge in [-0.3, -0.25) is 18.8 Å². The SMILES string of the molecule is Cn1ncc2c(=O)n(CC(=O)N(Cc3cccs3)c3ccc4c(c3)OCCO4)cnc21. The van der Waals surface area contributed by atoms with Crippen LogP contribution in [0.25, 0.3) is 11.0 Å². The number of carbonyl (C=O) groups is 1. The maximum Gasteiger partial charge on any atom is 0.264 e. The third-order valence-electron chi connectivity index (χ3n) is 5.06. The van der Waals surface area contributed by atoms with Crippen LogP contribution in [-0.4, -0.2) is 38.5 Å². The van der Waals surface area contributed by atoms with E-state index in [9.17, 15) is 9.59 Å². The molecule has 10 heteroatoms. The Balaban J connectivity index is 1.48. The van der Waals surface area contributed by atoms with Crippen LogP contribution in [0, 0.1) is 0 Å². The lowest BCUT2D eigenvalue weighted by molar-refractivity contribution is -0.119. The molecule has 0 saturated heterocycles. The zero-order valence-electron chi connectivity index (χ0n) is 16.7. The van der Waals surface area contributed by atoms with Gasteiger partial charge in [0, 0.05) is 23.7 Å². The van der Waals surface area contributed by atoms with Crippen molar-refractivity contribution in [1.82, 2.24) is 19.3 Å². The highest BCUT2D eigenvalue weighted by atomic mass is 32.1. The molecule has 158 valence electrons. The predicted molar refractivity (Wildman–Crippen MR) is 116 cm³/mol. The Bertz CT molecular complexity index is 1310. The molecule has 4 aromatic rings. The Morgan fingerprint density at radius 2 is 2.06 bits per heavy atom. The number of carbonyl (C=O) groups excluding carboxylic acids is 1. The summed E-state index contributed by atoms with van der Waals surface area (Å²) in [5, 5.41) is 6.41. The first-order valence-corrected chi connectivity index (χ1v) is 10.6. The van der Waals surface area contributed by atoms with Crippen molar-refractivity contribution in [3.8, 4) is 11.5 Å². The van der Waals surface area contributed by atoms with Crippen molar-refractivity contribution >= 4 is 34.0 Å². The van der Waals surface area contributed by atoms with E-state index in [1.54, 1.807) is 35.4 Å². The van der Waals surface area contributed by atoms with Gasteiger partial charge in [0.05, 0.1) is 12.7 Å². The molecule has 9 nitrogen and oxygen atoms in total. The van der Waals surface area contributed by atoms with E-state index < -0.39 is 0 Å². The number of benzene rings is 1. The van der Waals surface area contributed by atoms with E-state index >= 15 is 0 Å². The van der Waals surface area contributed by atoms with Gasteiger partial charge in [0.15, 0.2) is 17.1 Å². The van der Waals surface area contributed by atoms with Crippen LogP contribution in [-0.2, 0) is 24.9 Å². The fourth-order valence-corrected chi connectivity index (χ4v) is 4.18. The number of nitrogens with zero attached hydrogens (tertiary/aromatic N) is 5. The average molecular weight is 437 g/mol. The molecule has 4 heterocycles. The highest BCUT2D eigenvalue weighted by Gasteiger charge is 2.21. The van der Waals surface area contributed by atoms with Crippen molar-refractivity contribution in [2.24, 2.45) is 7.05 Å². The largest absolute Gasteiger partial charge is 0.486 e. The molecule has 1 aliphatic heterocycles. The third kappa shape index (κ3) is 3.66. The fourth-order valence-electron chi connectivity index (χ4n) is 3.49. The van der Waals surface area contributed by atoms with Crippen LogP contribution in [0.15, 0.2) is 53.0 Å². The smallest absolute Gasteiger partial charge is 0.264 e. The Morgan fingerprint density at radius 1 is 1.23 bits per heavy atom. The van der Waals surface area contributed by atoms with Crippen LogP contribution in [0.2, 0.25) is 0 Å². The van der Waals surface area contributed by atoms with E-state index in [2.05, 4.69) is 10.1 Å². The number of thiophene rings is 1. The van der Waals surface area contributed by atoms with Crippen LogP contribution in [0.1, 0.15) is 4.88 Å².